The number of alkyl halides is 1. The van der Waals surface area contributed by atoms with Crippen LogP contribution < -0.4 is 9.80 Å². The number of amides is 1. The molecule has 1 aromatic carbocycles. The van der Waals surface area contributed by atoms with Gasteiger partial charge in [-0.15, -0.1) is 0 Å². The molecule has 0 bridgehead atoms. The molecule has 1 fully saturated rings. The highest BCUT2D eigenvalue weighted by Crippen LogP contribution is 2.41. The third-order valence-electron chi connectivity index (χ3n) is 6.16. The Morgan fingerprint density at radius 3 is 2.62 bits per heavy atom. The lowest BCUT2D eigenvalue weighted by Crippen LogP contribution is -2.59. The zero-order valence-corrected chi connectivity index (χ0v) is 17.5. The van der Waals surface area contributed by atoms with Gasteiger partial charge >= 0.3 is 0 Å². The van der Waals surface area contributed by atoms with Crippen molar-refractivity contribution in [2.45, 2.75) is 44.4 Å². The van der Waals surface area contributed by atoms with E-state index in [0.717, 1.165) is 12.1 Å². The molecule has 1 amide bonds. The Hall–Kier alpha value is -3.43. The van der Waals surface area contributed by atoms with E-state index in [9.17, 15) is 18.0 Å². The number of anilines is 2. The van der Waals surface area contributed by atoms with E-state index in [0.29, 0.717) is 42.2 Å². The summed E-state index contributed by atoms with van der Waals surface area (Å²) in [5, 5.41) is 0. The number of carbonyl (C=O) groups is 1. The summed E-state index contributed by atoms with van der Waals surface area (Å²) in [5.41, 5.74) is 0.908. The fourth-order valence-corrected chi connectivity index (χ4v) is 4.37. The summed E-state index contributed by atoms with van der Waals surface area (Å²) in [6.07, 6.45) is 5.05. The SMILES string of the molecule is CCC1C(=O)N(C)c2cnc(-n3ccnc3-c3ccc(F)c(F)c3)nc2N1C1CC(F)C1. The maximum absolute atomic E-state index is 13.8. The highest BCUT2D eigenvalue weighted by Gasteiger charge is 2.45. The first-order valence-corrected chi connectivity index (χ1v) is 10.4. The number of nitrogens with zero attached hydrogens (tertiary/aromatic N) is 6. The van der Waals surface area contributed by atoms with Gasteiger partial charge in [-0.2, -0.15) is 4.98 Å². The molecule has 3 heterocycles. The summed E-state index contributed by atoms with van der Waals surface area (Å²) in [7, 11) is 1.67. The normalized spacial score (nSPS) is 22.7. The highest BCUT2D eigenvalue weighted by atomic mass is 19.2. The van der Waals surface area contributed by atoms with Crippen molar-refractivity contribution >= 4 is 17.4 Å². The van der Waals surface area contributed by atoms with E-state index in [2.05, 4.69) is 9.97 Å². The number of aromatic nitrogens is 4. The van der Waals surface area contributed by atoms with E-state index < -0.39 is 23.8 Å². The minimum Gasteiger partial charge on any atom is -0.339 e. The fourth-order valence-electron chi connectivity index (χ4n) is 4.37. The monoisotopic (exact) mass is 442 g/mol. The number of halogens is 3. The maximum atomic E-state index is 13.8. The van der Waals surface area contributed by atoms with Gasteiger partial charge in [-0.3, -0.25) is 9.36 Å². The summed E-state index contributed by atoms with van der Waals surface area (Å²) in [4.78, 5) is 29.7. The van der Waals surface area contributed by atoms with Crippen molar-refractivity contribution in [1.29, 1.82) is 0 Å². The third-order valence-corrected chi connectivity index (χ3v) is 6.16. The van der Waals surface area contributed by atoms with Crippen molar-refractivity contribution in [3.05, 3.63) is 48.4 Å². The molecule has 0 N–H and O–H groups in total. The molecule has 1 aliphatic heterocycles. The van der Waals surface area contributed by atoms with Gasteiger partial charge in [0.2, 0.25) is 11.9 Å². The van der Waals surface area contributed by atoms with Crippen LogP contribution in [0.2, 0.25) is 0 Å². The van der Waals surface area contributed by atoms with Crippen LogP contribution in [0.1, 0.15) is 26.2 Å². The Kier molecular flexibility index (Phi) is 4.87. The number of carbonyl (C=O) groups excluding carboxylic acids is 1. The van der Waals surface area contributed by atoms with E-state index in [1.54, 1.807) is 24.0 Å². The number of fused-ring (bicyclic) bond motifs is 1. The Morgan fingerprint density at radius 1 is 1.16 bits per heavy atom. The van der Waals surface area contributed by atoms with Gasteiger partial charge in [0.25, 0.3) is 0 Å². The molecular formula is C22H21F3N6O. The van der Waals surface area contributed by atoms with Gasteiger partial charge in [0, 0.05) is 31.0 Å². The molecule has 10 heteroatoms. The van der Waals surface area contributed by atoms with Crippen molar-refractivity contribution in [2.24, 2.45) is 0 Å². The van der Waals surface area contributed by atoms with Crippen molar-refractivity contribution in [3.63, 3.8) is 0 Å². The summed E-state index contributed by atoms with van der Waals surface area (Å²) in [5.74, 6) is -0.854. The summed E-state index contributed by atoms with van der Waals surface area (Å²) >= 11 is 0. The topological polar surface area (TPSA) is 67.2 Å². The van der Waals surface area contributed by atoms with Crippen LogP contribution >= 0.6 is 0 Å². The quantitative estimate of drug-likeness (QED) is 0.617. The van der Waals surface area contributed by atoms with Gasteiger partial charge in [0.1, 0.15) is 23.7 Å². The second-order valence-electron chi connectivity index (χ2n) is 8.08. The van der Waals surface area contributed by atoms with E-state index in [4.69, 9.17) is 4.98 Å². The molecule has 166 valence electrons. The lowest BCUT2D eigenvalue weighted by atomic mass is 9.87. The maximum Gasteiger partial charge on any atom is 0.249 e. The van der Waals surface area contributed by atoms with E-state index in [-0.39, 0.29) is 17.9 Å². The van der Waals surface area contributed by atoms with E-state index in [1.165, 1.54) is 17.2 Å². The Morgan fingerprint density at radius 2 is 1.94 bits per heavy atom. The van der Waals surface area contributed by atoms with E-state index >= 15 is 0 Å². The molecule has 7 nitrogen and oxygen atoms in total. The van der Waals surface area contributed by atoms with Crippen molar-refractivity contribution < 1.29 is 18.0 Å². The molecule has 0 saturated heterocycles. The average molecular weight is 442 g/mol. The zero-order chi connectivity index (χ0) is 22.6. The summed E-state index contributed by atoms with van der Waals surface area (Å²) in [6, 6.07) is 2.96. The number of benzene rings is 1. The van der Waals surface area contributed by atoms with Crippen LogP contribution in [-0.4, -0.2) is 50.7 Å². The van der Waals surface area contributed by atoms with Crippen LogP contribution in [0.4, 0.5) is 24.7 Å². The van der Waals surface area contributed by atoms with E-state index in [1.807, 2.05) is 11.8 Å². The molecule has 1 aliphatic carbocycles. The first-order valence-electron chi connectivity index (χ1n) is 10.4. The standard InChI is InChI=1S/C22H21F3N6O/c1-3-17-21(32)29(2)18-11-27-22(28-20(18)31(17)14-9-13(23)10-14)30-7-6-26-19(30)12-4-5-15(24)16(25)8-12/h4-8,11,13-14,17H,3,9-10H2,1-2H3. The van der Waals surface area contributed by atoms with Crippen molar-refractivity contribution in [1.82, 2.24) is 19.5 Å². The van der Waals surface area contributed by atoms with Crippen LogP contribution in [-0.2, 0) is 4.79 Å². The average Bonchev–Trinajstić information content (AvgIpc) is 3.25. The molecule has 5 rings (SSSR count). The lowest BCUT2D eigenvalue weighted by Gasteiger charge is -2.48. The van der Waals surface area contributed by atoms with Gasteiger partial charge in [-0.05, 0) is 37.5 Å². The minimum absolute atomic E-state index is 0.0798. The molecule has 2 aliphatic rings. The van der Waals surface area contributed by atoms with Gasteiger partial charge in [0.15, 0.2) is 17.5 Å². The molecule has 1 saturated carbocycles. The predicted molar refractivity (Wildman–Crippen MR) is 112 cm³/mol. The van der Waals surface area contributed by atoms with Crippen LogP contribution in [0.3, 0.4) is 0 Å². The Bertz CT molecular complexity index is 1190. The molecule has 2 aromatic heterocycles. The Balaban J connectivity index is 1.61. The second-order valence-corrected chi connectivity index (χ2v) is 8.08. The molecule has 0 spiro atoms. The first-order chi connectivity index (χ1) is 15.4. The van der Waals surface area contributed by atoms with Crippen LogP contribution in [0, 0.1) is 11.6 Å². The molecule has 0 radical (unpaired) electrons. The smallest absolute Gasteiger partial charge is 0.249 e. The number of hydrogen-bond acceptors (Lipinski definition) is 5. The predicted octanol–water partition coefficient (Wildman–Crippen LogP) is 3.67. The molecular weight excluding hydrogens is 421 g/mol. The van der Waals surface area contributed by atoms with Crippen LogP contribution in [0.5, 0.6) is 0 Å². The highest BCUT2D eigenvalue weighted by molar-refractivity contribution is 6.04. The molecule has 3 aromatic rings. The molecule has 1 unspecified atom stereocenters. The van der Waals surface area contributed by atoms with Gasteiger partial charge in [-0.1, -0.05) is 6.92 Å². The largest absolute Gasteiger partial charge is 0.339 e. The second kappa shape index (κ2) is 7.61. The van der Waals surface area contributed by atoms with Gasteiger partial charge in [0.05, 0.1) is 6.20 Å². The van der Waals surface area contributed by atoms with Gasteiger partial charge in [-0.25, -0.2) is 23.1 Å². The zero-order valence-electron chi connectivity index (χ0n) is 17.5. The number of imidazole rings is 1. The van der Waals surface area contributed by atoms with Crippen LogP contribution in [0.25, 0.3) is 17.3 Å². The summed E-state index contributed by atoms with van der Waals surface area (Å²) < 4.78 is 42.4. The molecule has 1 atom stereocenters. The summed E-state index contributed by atoms with van der Waals surface area (Å²) in [6.45, 7) is 1.92. The molecule has 32 heavy (non-hydrogen) atoms. The number of rotatable bonds is 4. The Labute approximate surface area is 182 Å². The third kappa shape index (κ3) is 3.12. The van der Waals surface area contributed by atoms with Crippen molar-refractivity contribution in [3.8, 4) is 17.3 Å². The number of hydrogen-bond donors (Lipinski definition) is 0. The number of likely N-dealkylation sites (N-methyl/N-ethyl adjacent to an activating group) is 1. The first kappa shape index (κ1) is 20.5. The lowest BCUT2D eigenvalue weighted by molar-refractivity contribution is -0.120. The minimum atomic E-state index is -0.980. The van der Waals surface area contributed by atoms with Crippen molar-refractivity contribution in [2.75, 3.05) is 16.8 Å². The van der Waals surface area contributed by atoms with Crippen LogP contribution in [0.15, 0.2) is 36.8 Å². The fraction of sp³-hybridized carbons (Fsp3) is 0.364. The van der Waals surface area contributed by atoms with Gasteiger partial charge < -0.3 is 9.80 Å².